The second kappa shape index (κ2) is 13.6. The molecule has 1 atom stereocenters. The van der Waals surface area contributed by atoms with E-state index in [1.165, 1.54) is 32.1 Å². The number of unbranched alkanes of at least 4 members (excludes halogenated alkanes) is 6. The van der Waals surface area contributed by atoms with Gasteiger partial charge in [-0.2, -0.15) is 0 Å². The number of hydrogen-bond donors (Lipinski definition) is 2. The van der Waals surface area contributed by atoms with E-state index in [2.05, 4.69) is 6.92 Å². The fourth-order valence-electron chi connectivity index (χ4n) is 3.07. The third-order valence-corrected chi connectivity index (χ3v) is 4.62. The number of hydrogen-bond acceptors (Lipinski definition) is 4. The number of ether oxygens (including phenoxy) is 1. The number of phenols is 1. The quantitative estimate of drug-likeness (QED) is 0.421. The lowest BCUT2D eigenvalue weighted by Gasteiger charge is -2.11. The second-order valence-corrected chi connectivity index (χ2v) is 7.04. The number of aryl methyl sites for hydroxylation is 1. The minimum absolute atomic E-state index is 0.0893. The van der Waals surface area contributed by atoms with Gasteiger partial charge in [-0.1, -0.05) is 57.9 Å². The van der Waals surface area contributed by atoms with Gasteiger partial charge in [0, 0.05) is 12.8 Å². The van der Waals surface area contributed by atoms with Crippen LogP contribution in [0.5, 0.6) is 11.5 Å². The maximum atomic E-state index is 12.1. The topological polar surface area (TPSA) is 66.8 Å². The molecule has 0 radical (unpaired) electrons. The number of Topliss-reactive ketones (excluding diaryl/α,β-unsaturated/α-hetero) is 1. The van der Waals surface area contributed by atoms with Gasteiger partial charge in [0.1, 0.15) is 5.78 Å². The summed E-state index contributed by atoms with van der Waals surface area (Å²) in [6.07, 6.45) is 9.97. The molecule has 0 aliphatic carbocycles. The van der Waals surface area contributed by atoms with Gasteiger partial charge in [0.15, 0.2) is 11.5 Å². The third-order valence-electron chi connectivity index (χ3n) is 4.62. The number of aliphatic hydroxyl groups is 1. The summed E-state index contributed by atoms with van der Waals surface area (Å²) in [6.45, 7) is 4.57. The molecule has 0 aliphatic heterocycles. The first-order chi connectivity index (χ1) is 12.6. The van der Waals surface area contributed by atoms with Crippen LogP contribution in [0.25, 0.3) is 0 Å². The van der Waals surface area contributed by atoms with E-state index in [9.17, 15) is 15.0 Å². The monoisotopic (exact) mass is 364 g/mol. The molecule has 1 rings (SSSR count). The normalized spacial score (nSPS) is 12.1. The van der Waals surface area contributed by atoms with Crippen molar-refractivity contribution in [2.24, 2.45) is 0 Å². The molecule has 1 unspecified atom stereocenters. The minimum Gasteiger partial charge on any atom is -0.504 e. The van der Waals surface area contributed by atoms with Gasteiger partial charge in [0.05, 0.1) is 12.7 Å². The van der Waals surface area contributed by atoms with Crippen LogP contribution >= 0.6 is 0 Å². The molecule has 1 aromatic carbocycles. The van der Waals surface area contributed by atoms with Crippen molar-refractivity contribution in [3.8, 4) is 11.5 Å². The lowest BCUT2D eigenvalue weighted by Crippen LogP contribution is -2.14. The van der Waals surface area contributed by atoms with Gasteiger partial charge in [-0.25, -0.2) is 0 Å². The maximum Gasteiger partial charge on any atom is 0.161 e. The Morgan fingerprint density at radius 3 is 2.46 bits per heavy atom. The molecule has 0 amide bonds. The SMILES string of the molecule is CCCCCCCCCC(O)CC(=O)CCc1ccc(O)c(OCC)c1. The fourth-order valence-corrected chi connectivity index (χ4v) is 3.07. The number of carbonyl (C=O) groups excluding carboxylic acids is 1. The summed E-state index contributed by atoms with van der Waals surface area (Å²) >= 11 is 0. The van der Waals surface area contributed by atoms with Gasteiger partial charge >= 0.3 is 0 Å². The first kappa shape index (κ1) is 22.5. The molecule has 4 heteroatoms. The Morgan fingerprint density at radius 2 is 1.77 bits per heavy atom. The van der Waals surface area contributed by atoms with Gasteiger partial charge < -0.3 is 14.9 Å². The van der Waals surface area contributed by atoms with Crippen LogP contribution in [-0.2, 0) is 11.2 Å². The van der Waals surface area contributed by atoms with Crippen molar-refractivity contribution in [2.45, 2.75) is 90.6 Å². The van der Waals surface area contributed by atoms with E-state index >= 15 is 0 Å². The number of aliphatic hydroxyl groups excluding tert-OH is 1. The predicted octanol–water partition coefficient (Wildman–Crippen LogP) is 5.18. The lowest BCUT2D eigenvalue weighted by atomic mass is 10.0. The zero-order valence-corrected chi connectivity index (χ0v) is 16.5. The van der Waals surface area contributed by atoms with E-state index in [0.29, 0.717) is 31.6 Å². The van der Waals surface area contributed by atoms with E-state index < -0.39 is 6.10 Å². The minimum atomic E-state index is -0.517. The van der Waals surface area contributed by atoms with Gasteiger partial charge in [-0.15, -0.1) is 0 Å². The van der Waals surface area contributed by atoms with Crippen LogP contribution in [0.15, 0.2) is 18.2 Å². The Kier molecular flexibility index (Phi) is 11.8. The number of ketones is 1. The predicted molar refractivity (Wildman–Crippen MR) is 106 cm³/mol. The number of phenolic OH excluding ortho intramolecular Hbond substituents is 1. The number of rotatable bonds is 15. The van der Waals surface area contributed by atoms with Crippen LogP contribution in [0.2, 0.25) is 0 Å². The van der Waals surface area contributed by atoms with Gasteiger partial charge in [-0.05, 0) is 37.5 Å². The Bertz CT molecular complexity index is 513. The molecule has 0 spiro atoms. The largest absolute Gasteiger partial charge is 0.504 e. The molecule has 2 N–H and O–H groups in total. The molecule has 26 heavy (non-hydrogen) atoms. The summed E-state index contributed by atoms with van der Waals surface area (Å²) in [7, 11) is 0. The van der Waals surface area contributed by atoms with Crippen LogP contribution in [0.3, 0.4) is 0 Å². The van der Waals surface area contributed by atoms with Crippen LogP contribution in [0.4, 0.5) is 0 Å². The van der Waals surface area contributed by atoms with E-state index in [4.69, 9.17) is 4.74 Å². The van der Waals surface area contributed by atoms with Crippen molar-refractivity contribution in [1.29, 1.82) is 0 Å². The van der Waals surface area contributed by atoms with E-state index in [0.717, 1.165) is 18.4 Å². The van der Waals surface area contributed by atoms with Crippen molar-refractivity contribution < 1.29 is 19.7 Å². The molecule has 0 saturated heterocycles. The van der Waals surface area contributed by atoms with E-state index in [1.54, 1.807) is 18.2 Å². The van der Waals surface area contributed by atoms with Crippen LogP contribution < -0.4 is 4.74 Å². The Hall–Kier alpha value is -1.55. The van der Waals surface area contributed by atoms with Gasteiger partial charge in [0.25, 0.3) is 0 Å². The highest BCUT2D eigenvalue weighted by molar-refractivity contribution is 5.79. The van der Waals surface area contributed by atoms with Crippen molar-refractivity contribution in [1.82, 2.24) is 0 Å². The summed E-state index contributed by atoms with van der Waals surface area (Å²) in [6, 6.07) is 5.18. The average molecular weight is 365 g/mol. The van der Waals surface area contributed by atoms with Crippen LogP contribution in [0, 0.1) is 0 Å². The maximum absolute atomic E-state index is 12.1. The summed E-state index contributed by atoms with van der Waals surface area (Å²) in [5, 5.41) is 19.7. The van der Waals surface area contributed by atoms with Gasteiger partial charge in [-0.3, -0.25) is 4.79 Å². The molecule has 0 saturated carbocycles. The van der Waals surface area contributed by atoms with Crippen molar-refractivity contribution in [3.05, 3.63) is 23.8 Å². The third kappa shape index (κ3) is 9.81. The highest BCUT2D eigenvalue weighted by Gasteiger charge is 2.11. The first-order valence-electron chi connectivity index (χ1n) is 10.2. The fraction of sp³-hybridized carbons (Fsp3) is 0.682. The molecule has 148 valence electrons. The summed E-state index contributed by atoms with van der Waals surface area (Å²) < 4.78 is 5.36. The molecular weight excluding hydrogens is 328 g/mol. The number of aromatic hydroxyl groups is 1. The Balaban J connectivity index is 2.20. The Morgan fingerprint density at radius 1 is 1.08 bits per heavy atom. The highest BCUT2D eigenvalue weighted by Crippen LogP contribution is 2.27. The van der Waals surface area contributed by atoms with Crippen LogP contribution in [-0.4, -0.2) is 28.7 Å². The highest BCUT2D eigenvalue weighted by atomic mass is 16.5. The van der Waals surface area contributed by atoms with Gasteiger partial charge in [0.2, 0.25) is 0 Å². The zero-order valence-electron chi connectivity index (χ0n) is 16.5. The molecule has 4 nitrogen and oxygen atoms in total. The van der Waals surface area contributed by atoms with Crippen molar-refractivity contribution in [3.63, 3.8) is 0 Å². The van der Waals surface area contributed by atoms with E-state index in [1.807, 2.05) is 6.92 Å². The molecular formula is C22H36O4. The zero-order chi connectivity index (χ0) is 19.2. The number of benzene rings is 1. The van der Waals surface area contributed by atoms with Crippen LogP contribution in [0.1, 0.15) is 83.6 Å². The number of carbonyl (C=O) groups is 1. The molecule has 0 aromatic heterocycles. The van der Waals surface area contributed by atoms with Crippen molar-refractivity contribution >= 4 is 5.78 Å². The molecule has 1 aromatic rings. The first-order valence-corrected chi connectivity index (χ1v) is 10.2. The smallest absolute Gasteiger partial charge is 0.161 e. The summed E-state index contributed by atoms with van der Waals surface area (Å²) in [5.74, 6) is 0.662. The standard InChI is InChI=1S/C22H36O4/c1-3-5-6-7-8-9-10-11-19(23)17-20(24)14-12-18-13-15-21(25)22(16-18)26-4-2/h13,15-16,19,23,25H,3-12,14,17H2,1-2H3. The molecule has 0 aliphatic rings. The van der Waals surface area contributed by atoms with Crippen molar-refractivity contribution in [2.75, 3.05) is 6.61 Å². The summed E-state index contributed by atoms with van der Waals surface area (Å²) in [5.41, 5.74) is 0.959. The molecule has 0 heterocycles. The Labute approximate surface area is 158 Å². The molecule has 0 fully saturated rings. The summed E-state index contributed by atoms with van der Waals surface area (Å²) in [4.78, 5) is 12.1. The average Bonchev–Trinajstić information content (AvgIpc) is 2.62. The second-order valence-electron chi connectivity index (χ2n) is 7.04. The molecule has 0 bridgehead atoms. The lowest BCUT2D eigenvalue weighted by molar-refractivity contribution is -0.121. The van der Waals surface area contributed by atoms with E-state index in [-0.39, 0.29) is 18.0 Å².